The first kappa shape index (κ1) is 30.0. The fourth-order valence-corrected chi connectivity index (χ4v) is 5.56. The molecular weight excluding hydrogens is 546 g/mol. The van der Waals surface area contributed by atoms with E-state index < -0.39 is 24.2 Å². The van der Waals surface area contributed by atoms with Crippen LogP contribution < -0.4 is 48.8 Å². The second-order valence-corrected chi connectivity index (χ2v) is 10.7. The summed E-state index contributed by atoms with van der Waals surface area (Å²) in [5.74, 6) is -0.783. The SMILES string of the molecule is CCNC(N)C(C(N)=O)C(NCN[C@H]1CCCC[C@H]1N)Nc1cc(-c2coc3c(=O)cc(N4CCOCC4)oc23)no1. The summed E-state index contributed by atoms with van der Waals surface area (Å²) >= 11 is 0. The van der Waals surface area contributed by atoms with Crippen LogP contribution in [0.15, 0.2) is 36.5 Å². The smallest absolute Gasteiger partial charge is 0.230 e. The first-order valence-electron chi connectivity index (χ1n) is 14.5. The predicted molar refractivity (Wildman–Crippen MR) is 156 cm³/mol. The predicted octanol–water partition coefficient (Wildman–Crippen LogP) is 0.0180. The summed E-state index contributed by atoms with van der Waals surface area (Å²) in [5.41, 5.74) is 19.3. The summed E-state index contributed by atoms with van der Waals surface area (Å²) in [6.07, 6.45) is 4.12. The molecule has 2 aliphatic rings. The first-order chi connectivity index (χ1) is 20.4. The number of amides is 1. The highest BCUT2D eigenvalue weighted by Gasteiger charge is 2.33. The molecule has 15 heteroatoms. The minimum absolute atomic E-state index is 0.0633. The maximum atomic E-state index is 12.8. The average Bonchev–Trinajstić information content (AvgIpc) is 3.62. The van der Waals surface area contributed by atoms with E-state index in [4.69, 9.17) is 35.3 Å². The van der Waals surface area contributed by atoms with Gasteiger partial charge in [0.1, 0.15) is 12.0 Å². The zero-order valence-electron chi connectivity index (χ0n) is 23.8. The molecule has 1 aliphatic heterocycles. The number of aromatic nitrogens is 1. The van der Waals surface area contributed by atoms with Gasteiger partial charge in [0.25, 0.3) is 0 Å². The lowest BCUT2D eigenvalue weighted by molar-refractivity contribution is -0.123. The molecule has 5 rings (SSSR count). The molecule has 3 aromatic heterocycles. The second kappa shape index (κ2) is 13.7. The normalized spacial score (nSPS) is 21.7. The van der Waals surface area contributed by atoms with Crippen molar-refractivity contribution >= 4 is 28.8 Å². The number of ether oxygens (including phenoxy) is 1. The van der Waals surface area contributed by atoms with Crippen LogP contribution in [0, 0.1) is 5.92 Å². The quantitative estimate of drug-likeness (QED) is 0.131. The third-order valence-electron chi connectivity index (χ3n) is 7.86. The van der Waals surface area contributed by atoms with Crippen molar-refractivity contribution in [3.05, 3.63) is 28.6 Å². The Morgan fingerprint density at radius 2 is 1.95 bits per heavy atom. The minimum atomic E-state index is -0.857. The molecule has 0 radical (unpaired) electrons. The zero-order valence-corrected chi connectivity index (χ0v) is 23.8. The summed E-state index contributed by atoms with van der Waals surface area (Å²) < 4.78 is 22.6. The topological polar surface area (TPSA) is 225 Å². The minimum Gasteiger partial charge on any atom is -0.456 e. The first-order valence-corrected chi connectivity index (χ1v) is 14.5. The summed E-state index contributed by atoms with van der Waals surface area (Å²) in [7, 11) is 0. The molecular formula is C27H41N9O6. The Balaban J connectivity index is 1.37. The number of carbonyl (C=O) groups is 1. The summed E-state index contributed by atoms with van der Waals surface area (Å²) in [5, 5.41) is 17.1. The van der Waals surface area contributed by atoms with E-state index in [0.717, 1.165) is 25.7 Å². The van der Waals surface area contributed by atoms with Crippen LogP contribution in [0.1, 0.15) is 32.6 Å². The molecule has 4 heterocycles. The van der Waals surface area contributed by atoms with E-state index >= 15 is 0 Å². The standard InChI is InChI=1S/C27H41N9O6/c1-2-31-25(29)22(26(30)38)27(33-14-32-17-6-4-3-5-16(17)28)34-20-11-18(35-42-20)15-13-40-24-19(37)12-21(41-23(15)24)36-7-9-39-10-8-36/h11-13,16-17,22,25,27,31-34H,2-10,14,28-29H2,1H3,(H2,30,38)/t16-,17+,22?,25?,27?/m1/s1. The van der Waals surface area contributed by atoms with Crippen molar-refractivity contribution < 1.29 is 22.9 Å². The fraction of sp³-hybridized carbons (Fsp3) is 0.593. The number of nitrogens with zero attached hydrogens (tertiary/aromatic N) is 2. The molecule has 230 valence electrons. The van der Waals surface area contributed by atoms with Gasteiger partial charge in [-0.3, -0.25) is 14.9 Å². The lowest BCUT2D eigenvalue weighted by atomic mass is 9.91. The van der Waals surface area contributed by atoms with Gasteiger partial charge in [-0.1, -0.05) is 24.9 Å². The van der Waals surface area contributed by atoms with Gasteiger partial charge < -0.3 is 56.1 Å². The Kier molecular flexibility index (Phi) is 9.76. The fourth-order valence-electron chi connectivity index (χ4n) is 5.56. The van der Waals surface area contributed by atoms with Crippen LogP contribution in [0.2, 0.25) is 0 Å². The molecule has 1 amide bonds. The molecule has 0 spiro atoms. The highest BCUT2D eigenvalue weighted by atomic mass is 16.5. The van der Waals surface area contributed by atoms with Crippen LogP contribution in [-0.4, -0.2) is 75.0 Å². The number of rotatable bonds is 13. The highest BCUT2D eigenvalue weighted by molar-refractivity contribution is 5.88. The van der Waals surface area contributed by atoms with E-state index in [2.05, 4.69) is 26.4 Å². The number of morpholine rings is 1. The number of hydrogen-bond acceptors (Lipinski definition) is 14. The largest absolute Gasteiger partial charge is 0.456 e. The number of furan rings is 1. The van der Waals surface area contributed by atoms with Gasteiger partial charge in [0.05, 0.1) is 43.1 Å². The van der Waals surface area contributed by atoms with Crippen molar-refractivity contribution in [2.45, 2.75) is 57.0 Å². The highest BCUT2D eigenvalue weighted by Crippen LogP contribution is 2.32. The number of carbonyl (C=O) groups excluding carboxylic acids is 1. The summed E-state index contributed by atoms with van der Waals surface area (Å²) in [4.78, 5) is 27.3. The van der Waals surface area contributed by atoms with Crippen molar-refractivity contribution in [2.75, 3.05) is 49.7 Å². The third kappa shape index (κ3) is 6.77. The molecule has 1 aliphatic carbocycles. The molecule has 15 nitrogen and oxygen atoms in total. The van der Waals surface area contributed by atoms with Gasteiger partial charge >= 0.3 is 0 Å². The molecule has 3 unspecified atom stereocenters. The Labute approximate surface area is 242 Å². The van der Waals surface area contributed by atoms with Crippen molar-refractivity contribution in [1.29, 1.82) is 0 Å². The van der Waals surface area contributed by atoms with Crippen LogP contribution in [0.4, 0.5) is 11.8 Å². The Morgan fingerprint density at radius 1 is 1.17 bits per heavy atom. The number of nitrogens with one attached hydrogen (secondary N) is 4. The molecule has 1 saturated carbocycles. The second-order valence-electron chi connectivity index (χ2n) is 10.7. The number of primary amides is 1. The number of fused-ring (bicyclic) bond motifs is 1. The lowest BCUT2D eigenvalue weighted by Gasteiger charge is -2.33. The van der Waals surface area contributed by atoms with Gasteiger partial charge in [0.15, 0.2) is 11.5 Å². The molecule has 2 fully saturated rings. The van der Waals surface area contributed by atoms with E-state index in [0.29, 0.717) is 56.7 Å². The molecule has 1 saturated heterocycles. The Morgan fingerprint density at radius 3 is 2.69 bits per heavy atom. The van der Waals surface area contributed by atoms with Crippen molar-refractivity contribution in [2.24, 2.45) is 23.1 Å². The van der Waals surface area contributed by atoms with Crippen molar-refractivity contribution in [3.8, 4) is 11.3 Å². The van der Waals surface area contributed by atoms with Gasteiger partial charge in [-0.2, -0.15) is 0 Å². The Hall–Kier alpha value is -3.47. The van der Waals surface area contributed by atoms with Crippen LogP contribution in [0.5, 0.6) is 0 Å². The number of hydrogen-bond donors (Lipinski definition) is 7. The van der Waals surface area contributed by atoms with Gasteiger partial charge in [-0.05, 0) is 19.4 Å². The van der Waals surface area contributed by atoms with Gasteiger partial charge in [0.2, 0.25) is 22.8 Å². The summed E-state index contributed by atoms with van der Waals surface area (Å²) in [6.45, 7) is 5.07. The number of anilines is 2. The lowest BCUT2D eigenvalue weighted by Crippen LogP contribution is -2.61. The van der Waals surface area contributed by atoms with Gasteiger partial charge in [-0.25, -0.2) is 0 Å². The van der Waals surface area contributed by atoms with E-state index in [9.17, 15) is 9.59 Å². The molecule has 42 heavy (non-hydrogen) atoms. The monoisotopic (exact) mass is 587 g/mol. The van der Waals surface area contributed by atoms with E-state index in [1.165, 1.54) is 12.3 Å². The van der Waals surface area contributed by atoms with E-state index in [1.54, 1.807) is 6.07 Å². The molecule has 10 N–H and O–H groups in total. The van der Waals surface area contributed by atoms with Crippen molar-refractivity contribution in [1.82, 2.24) is 21.1 Å². The Bertz CT molecular complexity index is 1380. The maximum absolute atomic E-state index is 12.8. The third-order valence-corrected chi connectivity index (χ3v) is 7.86. The number of nitrogens with two attached hydrogens (primary N) is 3. The average molecular weight is 588 g/mol. The van der Waals surface area contributed by atoms with Gasteiger partial charge in [-0.15, -0.1) is 0 Å². The molecule has 0 aromatic carbocycles. The van der Waals surface area contributed by atoms with Crippen LogP contribution in [0.3, 0.4) is 0 Å². The zero-order chi connectivity index (χ0) is 29.6. The van der Waals surface area contributed by atoms with Crippen LogP contribution >= 0.6 is 0 Å². The van der Waals surface area contributed by atoms with Gasteiger partial charge in [0, 0.05) is 37.9 Å². The summed E-state index contributed by atoms with van der Waals surface area (Å²) in [6, 6.07) is 3.26. The van der Waals surface area contributed by atoms with E-state index in [-0.39, 0.29) is 34.6 Å². The molecule has 0 bridgehead atoms. The van der Waals surface area contributed by atoms with Crippen molar-refractivity contribution in [3.63, 3.8) is 0 Å². The van der Waals surface area contributed by atoms with Crippen LogP contribution in [0.25, 0.3) is 22.4 Å². The van der Waals surface area contributed by atoms with E-state index in [1.807, 2.05) is 11.8 Å². The maximum Gasteiger partial charge on any atom is 0.230 e. The molecule has 5 atom stereocenters. The van der Waals surface area contributed by atoms with Crippen LogP contribution in [-0.2, 0) is 9.53 Å². The molecule has 3 aromatic rings.